The number of hydrogen-bond donors (Lipinski definition) is 1. The molecule has 4 saturated heterocycles. The van der Waals surface area contributed by atoms with Crippen molar-refractivity contribution in [1.82, 2.24) is 4.90 Å². The summed E-state index contributed by atoms with van der Waals surface area (Å²) in [5, 5.41) is 2.85. The predicted octanol–water partition coefficient (Wildman–Crippen LogP) is 1.71. The van der Waals surface area contributed by atoms with Gasteiger partial charge in [0.05, 0.1) is 13.1 Å². The molecule has 4 heterocycles. The highest BCUT2D eigenvalue weighted by molar-refractivity contribution is 5.91. The predicted molar refractivity (Wildman–Crippen MR) is 141 cm³/mol. The van der Waals surface area contributed by atoms with Crippen LogP contribution in [0.5, 0.6) is 0 Å². The summed E-state index contributed by atoms with van der Waals surface area (Å²) in [7, 11) is 0. The maximum atomic E-state index is 14.0. The van der Waals surface area contributed by atoms with Gasteiger partial charge in [0, 0.05) is 24.4 Å². The monoisotopic (exact) mass is 587 g/mol. The quantitative estimate of drug-likeness (QED) is 0.396. The average Bonchev–Trinajstić information content (AvgIpc) is 3.19. The van der Waals surface area contributed by atoms with Gasteiger partial charge in [0.2, 0.25) is 0 Å². The van der Waals surface area contributed by atoms with Gasteiger partial charge in [0.25, 0.3) is 5.91 Å². The maximum absolute atomic E-state index is 14.0. The van der Waals surface area contributed by atoms with Gasteiger partial charge in [0.1, 0.15) is 17.9 Å². The Balaban J connectivity index is 0.00000336. The van der Waals surface area contributed by atoms with Crippen molar-refractivity contribution in [3.05, 3.63) is 66.0 Å². The van der Waals surface area contributed by atoms with Crippen LogP contribution >= 0.6 is 0 Å². The molecule has 2 bridgehead atoms. The van der Waals surface area contributed by atoms with Gasteiger partial charge in [-0.15, -0.1) is 0 Å². The molecule has 2 atom stereocenters. The largest absolute Gasteiger partial charge is 1.00 e. The zero-order valence-corrected chi connectivity index (χ0v) is 23.8. The first-order chi connectivity index (χ1) is 17.9. The molecule has 8 heteroatoms. The molecule has 0 saturated carbocycles. The fourth-order valence-corrected chi connectivity index (χ4v) is 6.61. The van der Waals surface area contributed by atoms with E-state index < -0.39 is 5.54 Å². The van der Waals surface area contributed by atoms with Gasteiger partial charge >= 0.3 is 5.97 Å². The van der Waals surface area contributed by atoms with Crippen molar-refractivity contribution in [3.8, 4) is 0 Å². The molecule has 38 heavy (non-hydrogen) atoms. The summed E-state index contributed by atoms with van der Waals surface area (Å²) in [6, 6.07) is 16.0. The lowest BCUT2D eigenvalue weighted by atomic mass is 9.82. The van der Waals surface area contributed by atoms with E-state index in [9.17, 15) is 14.0 Å². The fourth-order valence-electron chi connectivity index (χ4n) is 6.61. The second kappa shape index (κ2) is 12.3. The molecular weight excluding hydrogens is 549 g/mol. The molecule has 6 nitrogen and oxygen atoms in total. The smallest absolute Gasteiger partial charge is 0.331 e. The van der Waals surface area contributed by atoms with Gasteiger partial charge in [-0.1, -0.05) is 49.2 Å². The van der Waals surface area contributed by atoms with Gasteiger partial charge in [0.15, 0.2) is 12.6 Å². The van der Waals surface area contributed by atoms with E-state index in [4.69, 9.17) is 4.74 Å². The number of likely N-dealkylation sites (tertiary alicyclic amines) is 1. The van der Waals surface area contributed by atoms with Crippen molar-refractivity contribution in [2.75, 3.05) is 44.6 Å². The Bertz CT molecular complexity index is 1100. The number of carbonyl (C=O) groups excluding carboxylic acids is 2. The Morgan fingerprint density at radius 3 is 2.37 bits per heavy atom. The molecule has 2 aromatic rings. The minimum atomic E-state index is -0.836. The lowest BCUT2D eigenvalue weighted by Crippen LogP contribution is -3.00. The molecular formula is C30H39BrFN3O3. The number of esters is 1. The standard InChI is InChI=1S/C30H38FN3O3.BrH/c1-30(24-10-5-4-6-11-24,33-16-7-2-3-8-17-33)29(36)37-27-21-34(18-14-23(27)15-19-34)22-28(35)32-26-13-9-12-25(31)20-26;/h4-6,9-13,20,23,27H,2-3,7-8,14-19,21-22H2,1H3;1H/t23?,27-,30?,34?;/m0./s1. The highest BCUT2D eigenvalue weighted by Crippen LogP contribution is 2.38. The van der Waals surface area contributed by atoms with E-state index in [-0.39, 0.29) is 40.8 Å². The fraction of sp³-hybridized carbons (Fsp3) is 0.533. The van der Waals surface area contributed by atoms with Crippen LogP contribution in [0.15, 0.2) is 54.6 Å². The SMILES string of the molecule is CC(C(=O)O[C@H]1C[N+]2(CC(=O)Nc3cccc(F)c3)CCC1CC2)(c1ccccc1)N1CCCCCC1.[Br-]. The normalized spacial score (nSPS) is 26.9. The molecule has 4 fully saturated rings. The van der Waals surface area contributed by atoms with Crippen LogP contribution in [0.25, 0.3) is 0 Å². The van der Waals surface area contributed by atoms with Crippen molar-refractivity contribution in [1.29, 1.82) is 0 Å². The molecule has 4 aliphatic rings. The molecule has 6 rings (SSSR count). The number of ether oxygens (including phenoxy) is 1. The number of rotatable bonds is 7. The van der Waals surface area contributed by atoms with Crippen molar-refractivity contribution < 1.29 is 40.2 Å². The number of nitrogens with zero attached hydrogens (tertiary/aromatic N) is 2. The first kappa shape index (κ1) is 28.7. The minimum absolute atomic E-state index is 0. The van der Waals surface area contributed by atoms with Crippen LogP contribution in [0.3, 0.4) is 0 Å². The lowest BCUT2D eigenvalue weighted by molar-refractivity contribution is -0.939. The third-order valence-corrected chi connectivity index (χ3v) is 8.86. The lowest BCUT2D eigenvalue weighted by Gasteiger charge is -2.52. The summed E-state index contributed by atoms with van der Waals surface area (Å²) in [5.74, 6) is -0.350. The Morgan fingerprint density at radius 2 is 1.71 bits per heavy atom. The number of nitrogens with one attached hydrogen (secondary N) is 1. The van der Waals surface area contributed by atoms with Crippen LogP contribution < -0.4 is 22.3 Å². The number of halogens is 2. The molecule has 0 aromatic heterocycles. The van der Waals surface area contributed by atoms with Crippen LogP contribution in [0.1, 0.15) is 51.0 Å². The number of benzene rings is 2. The first-order valence-corrected chi connectivity index (χ1v) is 13.8. The minimum Gasteiger partial charge on any atom is -1.00 e. The van der Waals surface area contributed by atoms with Gasteiger partial charge in [-0.3, -0.25) is 9.69 Å². The van der Waals surface area contributed by atoms with Crippen LogP contribution in [0.2, 0.25) is 0 Å². The van der Waals surface area contributed by atoms with E-state index in [2.05, 4.69) is 10.2 Å². The molecule has 0 radical (unpaired) electrons. The van der Waals surface area contributed by atoms with Crippen molar-refractivity contribution >= 4 is 17.6 Å². The van der Waals surface area contributed by atoms with Crippen LogP contribution in [-0.4, -0.2) is 66.6 Å². The second-order valence-corrected chi connectivity index (χ2v) is 11.3. The summed E-state index contributed by atoms with van der Waals surface area (Å²) >= 11 is 0. The summed E-state index contributed by atoms with van der Waals surface area (Å²) in [4.78, 5) is 29.3. The number of anilines is 1. The molecule has 2 aromatic carbocycles. The number of carbonyl (C=O) groups is 2. The topological polar surface area (TPSA) is 58.6 Å². The zero-order chi connectivity index (χ0) is 25.9. The van der Waals surface area contributed by atoms with E-state index in [1.807, 2.05) is 37.3 Å². The molecule has 4 aliphatic heterocycles. The van der Waals surface area contributed by atoms with Gasteiger partial charge in [-0.25, -0.2) is 9.18 Å². The average molecular weight is 589 g/mol. The Morgan fingerprint density at radius 1 is 1.03 bits per heavy atom. The van der Waals surface area contributed by atoms with Crippen molar-refractivity contribution in [2.24, 2.45) is 5.92 Å². The molecule has 0 aliphatic carbocycles. The number of piperidine rings is 3. The van der Waals surface area contributed by atoms with E-state index in [0.717, 1.165) is 57.4 Å². The summed E-state index contributed by atoms with van der Waals surface area (Å²) in [6.45, 7) is 6.55. The van der Waals surface area contributed by atoms with E-state index in [1.165, 1.54) is 25.0 Å². The molecule has 0 spiro atoms. The zero-order valence-electron chi connectivity index (χ0n) is 22.2. The van der Waals surface area contributed by atoms with Gasteiger partial charge in [-0.05, 0) is 56.6 Å². The Hall–Kier alpha value is -2.29. The summed E-state index contributed by atoms with van der Waals surface area (Å²) in [5.41, 5.74) is 0.604. The third-order valence-electron chi connectivity index (χ3n) is 8.86. The Kier molecular flexibility index (Phi) is 9.27. The van der Waals surface area contributed by atoms with E-state index in [1.54, 1.807) is 12.1 Å². The van der Waals surface area contributed by atoms with E-state index >= 15 is 0 Å². The van der Waals surface area contributed by atoms with Crippen LogP contribution in [-0.2, 0) is 19.9 Å². The highest BCUT2D eigenvalue weighted by atomic mass is 79.9. The Labute approximate surface area is 235 Å². The molecule has 1 unspecified atom stereocenters. The number of fused-ring (bicyclic) bond motifs is 3. The number of hydrogen-bond acceptors (Lipinski definition) is 4. The molecule has 206 valence electrons. The summed E-state index contributed by atoms with van der Waals surface area (Å²) < 4.78 is 20.6. The van der Waals surface area contributed by atoms with Crippen molar-refractivity contribution in [2.45, 2.75) is 57.1 Å². The van der Waals surface area contributed by atoms with Crippen LogP contribution in [0, 0.1) is 11.7 Å². The van der Waals surface area contributed by atoms with Crippen LogP contribution in [0.4, 0.5) is 10.1 Å². The first-order valence-electron chi connectivity index (χ1n) is 13.8. The second-order valence-electron chi connectivity index (χ2n) is 11.3. The molecule has 1 amide bonds. The van der Waals surface area contributed by atoms with E-state index in [0.29, 0.717) is 29.2 Å². The van der Waals surface area contributed by atoms with Gasteiger partial charge in [-0.2, -0.15) is 0 Å². The van der Waals surface area contributed by atoms with Crippen molar-refractivity contribution in [3.63, 3.8) is 0 Å². The third kappa shape index (κ3) is 6.13. The number of quaternary nitrogens is 1. The number of amides is 1. The maximum Gasteiger partial charge on any atom is 0.331 e. The van der Waals surface area contributed by atoms with Gasteiger partial charge < -0.3 is 31.5 Å². The highest BCUT2D eigenvalue weighted by Gasteiger charge is 2.51. The molecule has 1 N–H and O–H groups in total. The summed E-state index contributed by atoms with van der Waals surface area (Å²) in [6.07, 6.45) is 6.24.